The number of halogens is 1. The first kappa shape index (κ1) is 30.6. The lowest BCUT2D eigenvalue weighted by molar-refractivity contribution is 0.0601. The van der Waals surface area contributed by atoms with Gasteiger partial charge < -0.3 is 18.8 Å². The average molecular weight is 633 g/mol. The number of carbonyl (C=O) groups excluding carboxylic acids is 1. The number of aryl methyl sites for hydroxylation is 1. The molecular formula is C36H37FN8O2. The fraction of sp³-hybridized carbons (Fsp3) is 0.361. The number of ether oxygens (including phenoxy) is 1. The molecule has 0 bridgehead atoms. The molecule has 10 nitrogen and oxygen atoms in total. The number of anilines is 1. The molecule has 0 unspecified atom stereocenters. The predicted molar refractivity (Wildman–Crippen MR) is 175 cm³/mol. The van der Waals surface area contributed by atoms with Crippen LogP contribution in [-0.4, -0.2) is 61.7 Å². The molecule has 240 valence electrons. The van der Waals surface area contributed by atoms with Crippen LogP contribution in [0.3, 0.4) is 0 Å². The molecule has 2 aliphatic heterocycles. The maximum Gasteiger partial charge on any atom is 0.337 e. The maximum absolute atomic E-state index is 14.8. The molecule has 5 aromatic rings. The number of nitrogens with zero attached hydrogens (tertiary/aromatic N) is 8. The number of hydrogen-bond donors (Lipinski definition) is 0. The maximum atomic E-state index is 14.8. The SMILES string of the molecule is CCn1cncc1Cn1c(CN2CCC(c3cccc(N4CCc5cc(C#N)cc(F)c5C4)n3)CC2)nc2ccc(C(=O)OC)cc21. The van der Waals surface area contributed by atoms with Crippen LogP contribution in [0, 0.1) is 17.1 Å². The van der Waals surface area contributed by atoms with Gasteiger partial charge in [0.2, 0.25) is 0 Å². The molecule has 0 spiro atoms. The van der Waals surface area contributed by atoms with Crippen LogP contribution in [0.1, 0.15) is 69.9 Å². The molecule has 0 amide bonds. The van der Waals surface area contributed by atoms with Gasteiger partial charge in [-0.3, -0.25) is 4.90 Å². The summed E-state index contributed by atoms with van der Waals surface area (Å²) in [6.45, 7) is 7.20. The predicted octanol–water partition coefficient (Wildman–Crippen LogP) is 5.44. The van der Waals surface area contributed by atoms with E-state index >= 15 is 0 Å². The fourth-order valence-corrected chi connectivity index (χ4v) is 6.95. The highest BCUT2D eigenvalue weighted by Gasteiger charge is 2.26. The van der Waals surface area contributed by atoms with E-state index in [1.54, 1.807) is 6.07 Å². The summed E-state index contributed by atoms with van der Waals surface area (Å²) in [6, 6.07) is 16.9. The van der Waals surface area contributed by atoms with Gasteiger partial charge in [0.05, 0.1) is 60.5 Å². The summed E-state index contributed by atoms with van der Waals surface area (Å²) >= 11 is 0. The number of methoxy groups -OCH3 is 1. The minimum Gasteiger partial charge on any atom is -0.465 e. The smallest absolute Gasteiger partial charge is 0.337 e. The van der Waals surface area contributed by atoms with Crippen molar-refractivity contribution < 1.29 is 13.9 Å². The van der Waals surface area contributed by atoms with E-state index in [0.29, 0.717) is 48.7 Å². The van der Waals surface area contributed by atoms with Crippen LogP contribution in [0.2, 0.25) is 0 Å². The highest BCUT2D eigenvalue weighted by molar-refractivity contribution is 5.93. The Morgan fingerprint density at radius 1 is 1.09 bits per heavy atom. The minimum absolute atomic E-state index is 0.319. The average Bonchev–Trinajstić information content (AvgIpc) is 3.71. The van der Waals surface area contributed by atoms with Gasteiger partial charge in [0.15, 0.2) is 0 Å². The van der Waals surface area contributed by atoms with Gasteiger partial charge in [0.1, 0.15) is 17.5 Å². The third kappa shape index (κ3) is 6.09. The molecule has 5 heterocycles. The molecule has 0 atom stereocenters. The van der Waals surface area contributed by atoms with Crippen molar-refractivity contribution in [3.05, 3.63) is 106 Å². The van der Waals surface area contributed by atoms with Crippen LogP contribution in [0.5, 0.6) is 0 Å². The van der Waals surface area contributed by atoms with E-state index in [1.165, 1.54) is 13.2 Å². The number of piperidine rings is 1. The molecule has 7 rings (SSSR count). The third-order valence-electron chi connectivity index (χ3n) is 9.58. The van der Waals surface area contributed by atoms with Gasteiger partial charge >= 0.3 is 5.97 Å². The number of esters is 1. The Hall–Kier alpha value is -5.08. The van der Waals surface area contributed by atoms with Gasteiger partial charge in [-0.15, -0.1) is 0 Å². The van der Waals surface area contributed by atoms with Crippen LogP contribution in [0.4, 0.5) is 10.2 Å². The summed E-state index contributed by atoms with van der Waals surface area (Å²) in [7, 11) is 1.39. The van der Waals surface area contributed by atoms with E-state index in [2.05, 4.69) is 49.0 Å². The lowest BCUT2D eigenvalue weighted by Gasteiger charge is -2.33. The van der Waals surface area contributed by atoms with E-state index in [-0.39, 0.29) is 11.8 Å². The number of imidazole rings is 2. The Morgan fingerprint density at radius 3 is 2.72 bits per heavy atom. The zero-order chi connectivity index (χ0) is 32.5. The highest BCUT2D eigenvalue weighted by atomic mass is 19.1. The molecule has 0 N–H and O–H groups in total. The molecule has 2 aliphatic rings. The van der Waals surface area contributed by atoms with Gasteiger partial charge in [-0.2, -0.15) is 5.26 Å². The van der Waals surface area contributed by atoms with Crippen molar-refractivity contribution >= 4 is 22.8 Å². The van der Waals surface area contributed by atoms with Gasteiger partial charge in [-0.1, -0.05) is 6.07 Å². The minimum atomic E-state index is -0.369. The molecule has 1 fully saturated rings. The summed E-state index contributed by atoms with van der Waals surface area (Å²) in [4.78, 5) is 31.4. The summed E-state index contributed by atoms with van der Waals surface area (Å²) in [5.41, 5.74) is 6.33. The van der Waals surface area contributed by atoms with Gasteiger partial charge in [0, 0.05) is 43.0 Å². The topological polar surface area (TPSA) is 105 Å². The molecule has 11 heteroatoms. The normalized spacial score (nSPS) is 15.5. The lowest BCUT2D eigenvalue weighted by atomic mass is 9.93. The number of nitriles is 1. The quantitative estimate of drug-likeness (QED) is 0.209. The van der Waals surface area contributed by atoms with E-state index in [0.717, 1.165) is 78.6 Å². The number of pyridine rings is 1. The van der Waals surface area contributed by atoms with Gasteiger partial charge in [-0.05, 0) is 87.3 Å². The van der Waals surface area contributed by atoms with Crippen LogP contribution >= 0.6 is 0 Å². The van der Waals surface area contributed by atoms with Crippen LogP contribution in [0.15, 0.2) is 61.1 Å². The first-order valence-corrected chi connectivity index (χ1v) is 16.2. The first-order chi connectivity index (χ1) is 22.9. The van der Waals surface area contributed by atoms with Crippen LogP contribution in [-0.2, 0) is 37.3 Å². The Balaban J connectivity index is 1.06. The van der Waals surface area contributed by atoms with E-state index in [9.17, 15) is 14.4 Å². The number of aromatic nitrogens is 5. The zero-order valence-corrected chi connectivity index (χ0v) is 26.7. The van der Waals surface area contributed by atoms with Crippen molar-refractivity contribution in [2.45, 2.75) is 58.3 Å². The Kier molecular flexibility index (Phi) is 8.43. The number of rotatable bonds is 8. The van der Waals surface area contributed by atoms with E-state index in [4.69, 9.17) is 14.7 Å². The zero-order valence-electron chi connectivity index (χ0n) is 26.7. The molecular weight excluding hydrogens is 595 g/mol. The van der Waals surface area contributed by atoms with E-state index in [1.807, 2.05) is 36.8 Å². The third-order valence-corrected chi connectivity index (χ3v) is 9.58. The van der Waals surface area contributed by atoms with Crippen molar-refractivity contribution in [1.82, 2.24) is 29.0 Å². The molecule has 0 radical (unpaired) electrons. The summed E-state index contributed by atoms with van der Waals surface area (Å²) in [5.74, 6) is 1.46. The largest absolute Gasteiger partial charge is 0.465 e. The number of hydrogen-bond acceptors (Lipinski definition) is 8. The molecule has 1 saturated heterocycles. The number of likely N-dealkylation sites (tertiary alicyclic amines) is 1. The van der Waals surface area contributed by atoms with Crippen molar-refractivity contribution in [3.63, 3.8) is 0 Å². The number of carbonyl (C=O) groups is 1. The second-order valence-corrected chi connectivity index (χ2v) is 12.3. The van der Waals surface area contributed by atoms with Crippen molar-refractivity contribution in [2.24, 2.45) is 0 Å². The number of fused-ring (bicyclic) bond motifs is 2. The second-order valence-electron chi connectivity index (χ2n) is 12.3. The summed E-state index contributed by atoms with van der Waals surface area (Å²) < 4.78 is 24.1. The molecule has 47 heavy (non-hydrogen) atoms. The molecule has 0 saturated carbocycles. The lowest BCUT2D eigenvalue weighted by Crippen LogP contribution is -2.34. The molecule has 0 aliphatic carbocycles. The fourth-order valence-electron chi connectivity index (χ4n) is 6.95. The summed E-state index contributed by atoms with van der Waals surface area (Å²) in [6.07, 6.45) is 6.36. The standard InChI is InChI=1S/C36H37FN8O2/c1-3-43-23-39-19-28(43)20-45-33-17-27(36(46)47-2)7-8-32(33)41-35(45)22-42-12-9-25(10-13-42)31-5-4-6-34(40-31)44-14-11-26-15-24(18-38)16-30(37)29(26)21-44/h4-8,15-17,19,23,25H,3,9-14,20-22H2,1-2H3. The molecule has 3 aromatic heterocycles. The van der Waals surface area contributed by atoms with Gasteiger partial charge in [-0.25, -0.2) is 24.1 Å². The first-order valence-electron chi connectivity index (χ1n) is 16.2. The Bertz CT molecular complexity index is 1980. The monoisotopic (exact) mass is 632 g/mol. The van der Waals surface area contributed by atoms with E-state index < -0.39 is 0 Å². The van der Waals surface area contributed by atoms with Crippen LogP contribution < -0.4 is 4.90 Å². The Labute approximate surface area is 273 Å². The van der Waals surface area contributed by atoms with Crippen molar-refractivity contribution in [1.29, 1.82) is 5.26 Å². The second kappa shape index (κ2) is 13.0. The number of benzene rings is 2. The van der Waals surface area contributed by atoms with Crippen LogP contribution in [0.25, 0.3) is 11.0 Å². The molecule has 2 aromatic carbocycles. The highest BCUT2D eigenvalue weighted by Crippen LogP contribution is 2.32. The summed E-state index contributed by atoms with van der Waals surface area (Å²) in [5, 5.41) is 9.22. The van der Waals surface area contributed by atoms with Gasteiger partial charge in [0.25, 0.3) is 0 Å². The van der Waals surface area contributed by atoms with Crippen molar-refractivity contribution in [3.8, 4) is 6.07 Å². The van der Waals surface area contributed by atoms with Crippen molar-refractivity contribution in [2.75, 3.05) is 31.6 Å². The Morgan fingerprint density at radius 2 is 1.94 bits per heavy atom.